The Bertz CT molecular complexity index is 524. The molecule has 0 saturated heterocycles. The lowest BCUT2D eigenvalue weighted by Gasteiger charge is -2.14. The second-order valence-corrected chi connectivity index (χ2v) is 4.76. The predicted octanol–water partition coefficient (Wildman–Crippen LogP) is 1.72. The maximum Gasteiger partial charge on any atom is 0.133 e. The van der Waals surface area contributed by atoms with E-state index in [0.717, 1.165) is 24.4 Å². The van der Waals surface area contributed by atoms with Crippen molar-refractivity contribution in [1.82, 2.24) is 20.1 Å². The zero-order valence-electron chi connectivity index (χ0n) is 11.3. The number of aryl methyl sites for hydroxylation is 1. The first-order chi connectivity index (χ1) is 9.16. The third kappa shape index (κ3) is 3.86. The Morgan fingerprint density at radius 2 is 2.16 bits per heavy atom. The van der Waals surface area contributed by atoms with Gasteiger partial charge in [0.15, 0.2) is 0 Å². The maximum atomic E-state index is 13.5. The van der Waals surface area contributed by atoms with Crippen LogP contribution >= 0.6 is 0 Å². The highest BCUT2D eigenvalue weighted by Crippen LogP contribution is 2.08. The number of nitrogens with one attached hydrogen (secondary N) is 1. The lowest BCUT2D eigenvalue weighted by atomic mass is 10.1. The minimum atomic E-state index is -0.135. The summed E-state index contributed by atoms with van der Waals surface area (Å²) < 4.78 is 15.4. The van der Waals surface area contributed by atoms with Gasteiger partial charge >= 0.3 is 0 Å². The Hall–Kier alpha value is -1.75. The molecule has 0 aliphatic carbocycles. The fourth-order valence-electron chi connectivity index (χ4n) is 2.03. The van der Waals surface area contributed by atoms with Crippen LogP contribution in [0.2, 0.25) is 0 Å². The van der Waals surface area contributed by atoms with E-state index in [2.05, 4.69) is 22.4 Å². The molecule has 1 N–H and O–H groups in total. The van der Waals surface area contributed by atoms with Crippen LogP contribution < -0.4 is 5.32 Å². The SMILES string of the molecule is CC(Cc1ccccc1F)NCCc1nncn1C. The number of rotatable bonds is 6. The Balaban J connectivity index is 1.78. The van der Waals surface area contributed by atoms with Crippen molar-refractivity contribution < 1.29 is 4.39 Å². The molecule has 0 saturated carbocycles. The summed E-state index contributed by atoms with van der Waals surface area (Å²) in [6, 6.07) is 7.14. The predicted molar refractivity (Wildman–Crippen MR) is 72.3 cm³/mol. The highest BCUT2D eigenvalue weighted by molar-refractivity contribution is 5.18. The summed E-state index contributed by atoms with van der Waals surface area (Å²) in [6.07, 6.45) is 3.20. The van der Waals surface area contributed by atoms with E-state index in [1.165, 1.54) is 6.07 Å². The molecule has 1 heterocycles. The first-order valence-electron chi connectivity index (χ1n) is 6.46. The first-order valence-corrected chi connectivity index (χ1v) is 6.46. The molecule has 0 spiro atoms. The summed E-state index contributed by atoms with van der Waals surface area (Å²) in [5, 5.41) is 11.2. The van der Waals surface area contributed by atoms with Crippen LogP contribution in [-0.2, 0) is 19.9 Å². The molecule has 2 aromatic rings. The van der Waals surface area contributed by atoms with Gasteiger partial charge in [0.2, 0.25) is 0 Å². The Morgan fingerprint density at radius 3 is 2.84 bits per heavy atom. The molecule has 102 valence electrons. The topological polar surface area (TPSA) is 42.7 Å². The molecule has 2 rings (SSSR count). The fourth-order valence-corrected chi connectivity index (χ4v) is 2.03. The van der Waals surface area contributed by atoms with E-state index in [0.29, 0.717) is 6.42 Å². The van der Waals surface area contributed by atoms with Crippen molar-refractivity contribution in [3.63, 3.8) is 0 Å². The highest BCUT2D eigenvalue weighted by Gasteiger charge is 2.07. The summed E-state index contributed by atoms with van der Waals surface area (Å²) in [4.78, 5) is 0. The van der Waals surface area contributed by atoms with Crippen molar-refractivity contribution in [2.45, 2.75) is 25.8 Å². The van der Waals surface area contributed by atoms with E-state index < -0.39 is 0 Å². The molecule has 1 atom stereocenters. The van der Waals surface area contributed by atoms with Crippen LogP contribution in [0.15, 0.2) is 30.6 Å². The van der Waals surface area contributed by atoms with Gasteiger partial charge in [-0.3, -0.25) is 0 Å². The van der Waals surface area contributed by atoms with Gasteiger partial charge in [0.25, 0.3) is 0 Å². The van der Waals surface area contributed by atoms with Gasteiger partial charge in [0.1, 0.15) is 18.0 Å². The number of hydrogen-bond donors (Lipinski definition) is 1. The van der Waals surface area contributed by atoms with Gasteiger partial charge in [-0.2, -0.15) is 0 Å². The molecule has 1 unspecified atom stereocenters. The fraction of sp³-hybridized carbons (Fsp3) is 0.429. The smallest absolute Gasteiger partial charge is 0.133 e. The van der Waals surface area contributed by atoms with Gasteiger partial charge in [-0.15, -0.1) is 10.2 Å². The standard InChI is InChI=1S/C14H19FN4/c1-11(9-12-5-3-4-6-13(12)15)16-8-7-14-18-17-10-19(14)2/h3-6,10-11,16H,7-9H2,1-2H3. The van der Waals surface area contributed by atoms with Crippen LogP contribution in [0.25, 0.3) is 0 Å². The minimum Gasteiger partial charge on any atom is -0.321 e. The summed E-state index contributed by atoms with van der Waals surface area (Å²) in [7, 11) is 1.93. The average Bonchev–Trinajstić information content (AvgIpc) is 2.78. The second kappa shape index (κ2) is 6.43. The number of halogens is 1. The van der Waals surface area contributed by atoms with Crippen LogP contribution in [0.1, 0.15) is 18.3 Å². The third-order valence-corrected chi connectivity index (χ3v) is 3.13. The molecule has 0 aliphatic heterocycles. The van der Waals surface area contributed by atoms with Gasteiger partial charge in [-0.05, 0) is 25.0 Å². The van der Waals surface area contributed by atoms with Gasteiger partial charge in [-0.1, -0.05) is 18.2 Å². The largest absolute Gasteiger partial charge is 0.321 e. The Morgan fingerprint density at radius 1 is 1.37 bits per heavy atom. The summed E-state index contributed by atoms with van der Waals surface area (Å²) in [6.45, 7) is 2.87. The summed E-state index contributed by atoms with van der Waals surface area (Å²) >= 11 is 0. The van der Waals surface area contributed by atoms with E-state index in [1.807, 2.05) is 23.7 Å². The van der Waals surface area contributed by atoms with E-state index in [9.17, 15) is 4.39 Å². The lowest BCUT2D eigenvalue weighted by molar-refractivity contribution is 0.522. The molecular formula is C14H19FN4. The molecule has 19 heavy (non-hydrogen) atoms. The molecule has 0 amide bonds. The van der Waals surface area contributed by atoms with E-state index >= 15 is 0 Å². The van der Waals surface area contributed by atoms with Crippen molar-refractivity contribution in [3.05, 3.63) is 47.8 Å². The van der Waals surface area contributed by atoms with Crippen molar-refractivity contribution in [3.8, 4) is 0 Å². The zero-order chi connectivity index (χ0) is 13.7. The molecular weight excluding hydrogens is 243 g/mol. The van der Waals surface area contributed by atoms with E-state index in [4.69, 9.17) is 0 Å². The molecule has 4 nitrogen and oxygen atoms in total. The lowest BCUT2D eigenvalue weighted by Crippen LogP contribution is -2.30. The molecule has 0 fully saturated rings. The van der Waals surface area contributed by atoms with Gasteiger partial charge in [0.05, 0.1) is 0 Å². The van der Waals surface area contributed by atoms with Crippen molar-refractivity contribution in [2.75, 3.05) is 6.54 Å². The van der Waals surface area contributed by atoms with E-state index in [1.54, 1.807) is 12.4 Å². The summed E-state index contributed by atoms with van der Waals surface area (Å²) in [5.74, 6) is 0.815. The molecule has 1 aromatic carbocycles. The molecule has 0 bridgehead atoms. The first kappa shape index (κ1) is 13.7. The molecule has 5 heteroatoms. The number of nitrogens with zero attached hydrogens (tertiary/aromatic N) is 3. The van der Waals surface area contributed by atoms with Crippen LogP contribution in [0.4, 0.5) is 4.39 Å². The van der Waals surface area contributed by atoms with Gasteiger partial charge < -0.3 is 9.88 Å². The number of hydrogen-bond acceptors (Lipinski definition) is 3. The number of aromatic nitrogens is 3. The van der Waals surface area contributed by atoms with Crippen LogP contribution in [0.3, 0.4) is 0 Å². The normalized spacial score (nSPS) is 12.6. The zero-order valence-corrected chi connectivity index (χ0v) is 11.3. The van der Waals surface area contributed by atoms with Crippen LogP contribution in [0, 0.1) is 5.82 Å². The monoisotopic (exact) mass is 262 g/mol. The highest BCUT2D eigenvalue weighted by atomic mass is 19.1. The summed E-state index contributed by atoms with van der Waals surface area (Å²) in [5.41, 5.74) is 0.751. The van der Waals surface area contributed by atoms with Crippen LogP contribution in [-0.4, -0.2) is 27.4 Å². The van der Waals surface area contributed by atoms with Crippen LogP contribution in [0.5, 0.6) is 0 Å². The quantitative estimate of drug-likeness (QED) is 0.862. The maximum absolute atomic E-state index is 13.5. The molecule has 1 aromatic heterocycles. The Labute approximate surface area is 112 Å². The molecule has 0 aliphatic rings. The van der Waals surface area contributed by atoms with Crippen molar-refractivity contribution >= 4 is 0 Å². The van der Waals surface area contributed by atoms with Crippen molar-refractivity contribution in [2.24, 2.45) is 7.05 Å². The second-order valence-electron chi connectivity index (χ2n) is 4.76. The third-order valence-electron chi connectivity index (χ3n) is 3.13. The van der Waals surface area contributed by atoms with Gasteiger partial charge in [-0.25, -0.2) is 4.39 Å². The average molecular weight is 262 g/mol. The molecule has 0 radical (unpaired) electrons. The minimum absolute atomic E-state index is 0.135. The van der Waals surface area contributed by atoms with E-state index in [-0.39, 0.29) is 11.9 Å². The number of benzene rings is 1. The Kier molecular flexibility index (Phi) is 4.63. The van der Waals surface area contributed by atoms with Gasteiger partial charge in [0, 0.05) is 26.1 Å². The van der Waals surface area contributed by atoms with Crippen molar-refractivity contribution in [1.29, 1.82) is 0 Å².